The summed E-state index contributed by atoms with van der Waals surface area (Å²) >= 11 is 3.32. The summed E-state index contributed by atoms with van der Waals surface area (Å²) in [6, 6.07) is 14.4. The quantitative estimate of drug-likeness (QED) is 0.0889. The number of hydrogen-bond acceptors (Lipinski definition) is 8. The van der Waals surface area contributed by atoms with Gasteiger partial charge in [0.25, 0.3) is 5.69 Å². The SMILES string of the molecule is CC(C)CSS[C@@H]1[C@H](NC(=O)Cc2ccccc2)C(=O)N1CC(Br)C(=O)OCc1ccc([N+](=O)[O-])cc1. The second-order valence-electron chi connectivity index (χ2n) is 8.86. The van der Waals surface area contributed by atoms with Crippen LogP contribution in [-0.2, 0) is 32.1 Å². The molecular formula is C25H28BrN3O6S2. The molecule has 1 aliphatic rings. The van der Waals surface area contributed by atoms with Crippen molar-refractivity contribution in [3.63, 3.8) is 0 Å². The molecule has 1 aliphatic heterocycles. The maximum atomic E-state index is 12.9. The number of esters is 1. The number of carbonyl (C=O) groups is 3. The number of nitro groups is 1. The summed E-state index contributed by atoms with van der Waals surface area (Å²) in [6.07, 6.45) is 0.178. The standard InChI is InChI=1S/C25H28BrN3O6S2/c1-16(2)15-36-37-24-22(27-21(30)12-17-6-4-3-5-7-17)23(31)28(24)13-20(26)25(32)35-14-18-8-10-19(11-9-18)29(33)34/h3-11,16,20,22,24H,12-15H2,1-2H3,(H,27,30)/t20?,22-,24-/m1/s1. The van der Waals surface area contributed by atoms with Crippen molar-refractivity contribution in [3.05, 3.63) is 75.8 Å². The van der Waals surface area contributed by atoms with Crippen LogP contribution in [0.3, 0.4) is 0 Å². The van der Waals surface area contributed by atoms with Crippen molar-refractivity contribution in [1.29, 1.82) is 0 Å². The monoisotopic (exact) mass is 609 g/mol. The molecule has 1 N–H and O–H groups in total. The van der Waals surface area contributed by atoms with Crippen LogP contribution in [0, 0.1) is 16.0 Å². The Balaban J connectivity index is 1.56. The van der Waals surface area contributed by atoms with Crippen LogP contribution < -0.4 is 5.32 Å². The molecule has 0 radical (unpaired) electrons. The zero-order chi connectivity index (χ0) is 26.9. The number of alkyl halides is 1. The smallest absolute Gasteiger partial charge is 0.321 e. The summed E-state index contributed by atoms with van der Waals surface area (Å²) in [7, 11) is 3.13. The van der Waals surface area contributed by atoms with Crippen molar-refractivity contribution >= 4 is 61.0 Å². The lowest BCUT2D eigenvalue weighted by Crippen LogP contribution is -2.70. The van der Waals surface area contributed by atoms with Crippen molar-refractivity contribution in [3.8, 4) is 0 Å². The van der Waals surface area contributed by atoms with Crippen molar-refractivity contribution in [2.45, 2.75) is 43.1 Å². The van der Waals surface area contributed by atoms with E-state index in [2.05, 4.69) is 35.1 Å². The van der Waals surface area contributed by atoms with E-state index in [-0.39, 0.29) is 42.4 Å². The number of benzene rings is 2. The van der Waals surface area contributed by atoms with Crippen LogP contribution in [-0.4, -0.2) is 56.1 Å². The van der Waals surface area contributed by atoms with Crippen LogP contribution in [0.4, 0.5) is 5.69 Å². The van der Waals surface area contributed by atoms with Gasteiger partial charge in [0.05, 0.1) is 11.3 Å². The number of nitrogens with one attached hydrogen (secondary N) is 1. The second kappa shape index (κ2) is 13.8. The number of hydrogen-bond donors (Lipinski definition) is 1. The summed E-state index contributed by atoms with van der Waals surface area (Å²) in [5, 5.41) is 13.3. The Morgan fingerprint density at radius 3 is 2.43 bits per heavy atom. The number of carbonyl (C=O) groups excluding carboxylic acids is 3. The zero-order valence-electron chi connectivity index (χ0n) is 20.4. The molecule has 2 aromatic carbocycles. The third-order valence-corrected chi connectivity index (χ3v) is 9.11. The Morgan fingerprint density at radius 1 is 1.14 bits per heavy atom. The third kappa shape index (κ3) is 8.47. The van der Waals surface area contributed by atoms with Gasteiger partial charge in [-0.3, -0.25) is 24.5 Å². The number of amides is 2. The first-order valence-electron chi connectivity index (χ1n) is 11.6. The predicted molar refractivity (Wildman–Crippen MR) is 148 cm³/mol. The number of rotatable bonds is 13. The van der Waals surface area contributed by atoms with Crippen LogP contribution >= 0.6 is 37.5 Å². The topological polar surface area (TPSA) is 119 Å². The number of nitro benzene ring substituents is 1. The molecule has 198 valence electrons. The maximum absolute atomic E-state index is 12.9. The Bertz CT molecular complexity index is 1100. The summed E-state index contributed by atoms with van der Waals surface area (Å²) < 4.78 is 5.33. The van der Waals surface area contributed by atoms with Crippen molar-refractivity contribution < 1.29 is 24.0 Å². The highest BCUT2D eigenvalue weighted by Gasteiger charge is 2.49. The van der Waals surface area contributed by atoms with Gasteiger partial charge in [0.1, 0.15) is 22.8 Å². The zero-order valence-corrected chi connectivity index (χ0v) is 23.6. The Labute approximate surface area is 231 Å². The molecule has 2 amide bonds. The van der Waals surface area contributed by atoms with E-state index >= 15 is 0 Å². The number of likely N-dealkylation sites (tertiary alicyclic amines) is 1. The summed E-state index contributed by atoms with van der Waals surface area (Å²) in [6.45, 7) is 4.24. The average molecular weight is 611 g/mol. The molecule has 2 aromatic rings. The molecule has 3 rings (SSSR count). The lowest BCUT2D eigenvalue weighted by molar-refractivity contribution is -0.384. The number of non-ortho nitro benzene ring substituents is 1. The predicted octanol–water partition coefficient (Wildman–Crippen LogP) is 4.33. The van der Waals surface area contributed by atoms with Gasteiger partial charge < -0.3 is 15.0 Å². The Hall–Kier alpha value is -2.57. The van der Waals surface area contributed by atoms with E-state index in [4.69, 9.17) is 4.74 Å². The minimum atomic E-state index is -0.770. The van der Waals surface area contributed by atoms with Crippen LogP contribution in [0.1, 0.15) is 25.0 Å². The Kier molecular flexibility index (Phi) is 10.8. The Morgan fingerprint density at radius 2 is 1.81 bits per heavy atom. The minimum Gasteiger partial charge on any atom is -0.460 e. The summed E-state index contributed by atoms with van der Waals surface area (Å²) in [5.74, 6) is 0.300. The van der Waals surface area contributed by atoms with E-state index in [1.165, 1.54) is 35.1 Å². The summed E-state index contributed by atoms with van der Waals surface area (Å²) in [5.41, 5.74) is 1.42. The molecule has 0 aromatic heterocycles. The fourth-order valence-corrected chi connectivity index (χ4v) is 7.05. The average Bonchev–Trinajstić information content (AvgIpc) is 2.88. The molecule has 3 atom stereocenters. The van der Waals surface area contributed by atoms with E-state index in [0.29, 0.717) is 11.5 Å². The lowest BCUT2D eigenvalue weighted by atomic mass is 10.1. The molecule has 37 heavy (non-hydrogen) atoms. The highest BCUT2D eigenvalue weighted by Crippen LogP contribution is 2.39. The number of halogens is 1. The fraction of sp³-hybridized carbons (Fsp3) is 0.400. The maximum Gasteiger partial charge on any atom is 0.321 e. The molecule has 0 spiro atoms. The normalized spacial score (nSPS) is 17.7. The van der Waals surface area contributed by atoms with Crippen molar-refractivity contribution in [2.75, 3.05) is 12.3 Å². The minimum absolute atomic E-state index is 0.0472. The largest absolute Gasteiger partial charge is 0.460 e. The molecule has 0 saturated carbocycles. The first-order valence-corrected chi connectivity index (χ1v) is 14.9. The molecule has 0 aliphatic carbocycles. The molecule has 1 unspecified atom stereocenters. The van der Waals surface area contributed by atoms with Crippen LogP contribution in [0.15, 0.2) is 54.6 Å². The number of β-lactam (4-membered cyclic amide) rings is 1. The molecule has 1 heterocycles. The van der Waals surface area contributed by atoms with Gasteiger partial charge in [0.15, 0.2) is 0 Å². The third-order valence-electron chi connectivity index (χ3n) is 5.37. The highest BCUT2D eigenvalue weighted by atomic mass is 79.9. The summed E-state index contributed by atoms with van der Waals surface area (Å²) in [4.78, 5) is 49.2. The molecule has 1 fully saturated rings. The van der Waals surface area contributed by atoms with E-state index in [1.54, 1.807) is 15.7 Å². The van der Waals surface area contributed by atoms with Crippen molar-refractivity contribution in [2.24, 2.45) is 5.92 Å². The molecule has 9 nitrogen and oxygen atoms in total. The van der Waals surface area contributed by atoms with Gasteiger partial charge in [-0.15, -0.1) is 0 Å². The molecule has 0 bridgehead atoms. The van der Waals surface area contributed by atoms with Gasteiger partial charge in [-0.1, -0.05) is 81.7 Å². The van der Waals surface area contributed by atoms with Gasteiger partial charge in [0.2, 0.25) is 11.8 Å². The van der Waals surface area contributed by atoms with Crippen LogP contribution in [0.25, 0.3) is 0 Å². The second-order valence-corrected chi connectivity index (χ2v) is 12.5. The van der Waals surface area contributed by atoms with Crippen LogP contribution in [0.2, 0.25) is 0 Å². The van der Waals surface area contributed by atoms with E-state index in [0.717, 1.165) is 11.3 Å². The molecular weight excluding hydrogens is 582 g/mol. The fourth-order valence-electron chi connectivity index (χ4n) is 3.42. The van der Waals surface area contributed by atoms with Crippen molar-refractivity contribution in [1.82, 2.24) is 10.2 Å². The number of nitrogens with zero attached hydrogens (tertiary/aromatic N) is 2. The van der Waals surface area contributed by atoms with Gasteiger partial charge in [-0.05, 0) is 29.2 Å². The lowest BCUT2D eigenvalue weighted by Gasteiger charge is -2.46. The van der Waals surface area contributed by atoms with E-state index in [1.807, 2.05) is 30.3 Å². The number of ether oxygens (including phenoxy) is 1. The molecule has 1 saturated heterocycles. The van der Waals surface area contributed by atoms with Gasteiger partial charge in [-0.2, -0.15) is 0 Å². The van der Waals surface area contributed by atoms with Gasteiger partial charge in [0, 0.05) is 24.4 Å². The van der Waals surface area contributed by atoms with Gasteiger partial charge >= 0.3 is 5.97 Å². The first kappa shape index (κ1) is 29.0. The first-order chi connectivity index (χ1) is 17.7. The van der Waals surface area contributed by atoms with Gasteiger partial charge in [-0.25, -0.2) is 0 Å². The van der Waals surface area contributed by atoms with E-state index in [9.17, 15) is 24.5 Å². The van der Waals surface area contributed by atoms with E-state index < -0.39 is 21.8 Å². The highest BCUT2D eigenvalue weighted by molar-refractivity contribution is 9.10. The molecule has 12 heteroatoms. The van der Waals surface area contributed by atoms with Crippen LogP contribution in [0.5, 0.6) is 0 Å².